The fourth-order valence-electron chi connectivity index (χ4n) is 8.33. The second-order valence-corrected chi connectivity index (χ2v) is 12.8. The summed E-state index contributed by atoms with van der Waals surface area (Å²) in [5.74, 6) is -2.10. The first-order chi connectivity index (χ1) is 23.1. The minimum atomic E-state index is -1.26. The van der Waals surface area contributed by atoms with Crippen molar-refractivity contribution in [2.75, 3.05) is 48.2 Å². The Morgan fingerprint density at radius 3 is 2.50 bits per heavy atom. The number of methoxy groups -OCH3 is 4. The molecule has 260 valence electrons. The Kier molecular flexibility index (Phi) is 8.75. The maximum Gasteiger partial charge on any atom is 0.202 e. The van der Waals surface area contributed by atoms with E-state index in [1.165, 1.54) is 27.4 Å². The molecular formula is C34H41NO13. The summed E-state index contributed by atoms with van der Waals surface area (Å²) in [6.45, 7) is 2.56. The van der Waals surface area contributed by atoms with E-state index in [1.807, 2.05) is 6.92 Å². The number of nitrogens with zero attached hydrogens (tertiary/aromatic N) is 1. The van der Waals surface area contributed by atoms with Gasteiger partial charge in [-0.1, -0.05) is 12.1 Å². The van der Waals surface area contributed by atoms with Crippen LogP contribution in [0.4, 0.5) is 0 Å². The van der Waals surface area contributed by atoms with Gasteiger partial charge in [-0.3, -0.25) is 14.5 Å². The van der Waals surface area contributed by atoms with Gasteiger partial charge >= 0.3 is 0 Å². The summed E-state index contributed by atoms with van der Waals surface area (Å²) in [6, 6.07) is 4.51. The van der Waals surface area contributed by atoms with E-state index in [9.17, 15) is 24.9 Å². The average Bonchev–Trinajstić information content (AvgIpc) is 3.48. The highest BCUT2D eigenvalue weighted by molar-refractivity contribution is 6.31. The van der Waals surface area contributed by atoms with Crippen LogP contribution in [-0.4, -0.2) is 129 Å². The number of fused-ring (bicyclic) bond motifs is 6. The largest absolute Gasteiger partial charge is 0.507 e. The third kappa shape index (κ3) is 4.88. The molecule has 2 aromatic carbocycles. The van der Waals surface area contributed by atoms with Gasteiger partial charge < -0.3 is 53.2 Å². The lowest BCUT2D eigenvalue weighted by Gasteiger charge is -2.47. The van der Waals surface area contributed by atoms with Gasteiger partial charge in [-0.15, -0.1) is 0 Å². The van der Waals surface area contributed by atoms with Gasteiger partial charge in [0, 0.05) is 69.9 Å². The van der Waals surface area contributed by atoms with Crippen LogP contribution in [0.1, 0.15) is 68.8 Å². The fourth-order valence-corrected chi connectivity index (χ4v) is 8.33. The Morgan fingerprint density at radius 2 is 1.81 bits per heavy atom. The first kappa shape index (κ1) is 33.3. The number of ether oxygens (including phenoxy) is 8. The fraction of sp³-hybridized carbons (Fsp3) is 0.588. The zero-order valence-electron chi connectivity index (χ0n) is 27.5. The van der Waals surface area contributed by atoms with Gasteiger partial charge in [0.15, 0.2) is 24.6 Å². The highest BCUT2D eigenvalue weighted by atomic mass is 16.7. The molecule has 7 rings (SSSR count). The topological polar surface area (TPSA) is 172 Å². The zero-order chi connectivity index (χ0) is 34.1. The molecule has 5 aliphatic rings. The van der Waals surface area contributed by atoms with Crippen molar-refractivity contribution in [3.63, 3.8) is 0 Å². The zero-order valence-corrected chi connectivity index (χ0v) is 27.5. The van der Waals surface area contributed by atoms with Crippen LogP contribution in [0, 0.1) is 0 Å². The molecule has 0 radical (unpaired) electrons. The van der Waals surface area contributed by atoms with Crippen LogP contribution in [0.3, 0.4) is 0 Å². The number of rotatable bonds is 8. The van der Waals surface area contributed by atoms with Gasteiger partial charge in [-0.2, -0.15) is 0 Å². The summed E-state index contributed by atoms with van der Waals surface area (Å²) >= 11 is 0. The number of hydrogen-bond donors (Lipinski definition) is 3. The lowest BCUT2D eigenvalue weighted by Crippen LogP contribution is -2.55. The first-order valence-electron chi connectivity index (χ1n) is 16.0. The number of morpholine rings is 1. The molecule has 14 heteroatoms. The third-order valence-electron chi connectivity index (χ3n) is 10.6. The number of carbonyl (C=O) groups is 2. The predicted molar refractivity (Wildman–Crippen MR) is 164 cm³/mol. The molecule has 2 aromatic rings. The maximum absolute atomic E-state index is 14.0. The number of hydrogen-bond acceptors (Lipinski definition) is 14. The highest BCUT2D eigenvalue weighted by Gasteiger charge is 2.55. The van der Waals surface area contributed by atoms with Crippen molar-refractivity contribution in [1.29, 1.82) is 0 Å². The van der Waals surface area contributed by atoms with E-state index in [0.29, 0.717) is 19.6 Å². The number of aliphatic hydroxyl groups is 1. The van der Waals surface area contributed by atoms with Crippen molar-refractivity contribution < 1.29 is 62.8 Å². The minimum absolute atomic E-state index is 0.00228. The van der Waals surface area contributed by atoms with Crippen molar-refractivity contribution >= 4 is 11.6 Å². The average molecular weight is 672 g/mol. The predicted octanol–water partition coefficient (Wildman–Crippen LogP) is 1.81. The molecule has 3 fully saturated rings. The van der Waals surface area contributed by atoms with Gasteiger partial charge in [0.2, 0.25) is 5.78 Å². The number of benzene rings is 2. The monoisotopic (exact) mass is 671 g/mol. The van der Waals surface area contributed by atoms with Crippen molar-refractivity contribution in [3.05, 3.63) is 51.6 Å². The minimum Gasteiger partial charge on any atom is -0.507 e. The van der Waals surface area contributed by atoms with Gasteiger partial charge in [0.1, 0.15) is 35.1 Å². The SMILES string of the molecule is COc1cccc2c1C(=O)c1c(O)c3c(c(O)c1C2=O)C[C@@](OC)(C(CO)OC)C[C@@H]3O[C@H]1C[C@H]2[C@H](O[C@@H]3[C@@H](OC)OCCN32)[C@H](C)O1. The summed E-state index contributed by atoms with van der Waals surface area (Å²) in [4.78, 5) is 30.1. The van der Waals surface area contributed by atoms with Gasteiger partial charge in [-0.05, 0) is 13.0 Å². The molecule has 0 saturated carbocycles. The highest BCUT2D eigenvalue weighted by Crippen LogP contribution is 2.54. The lowest BCUT2D eigenvalue weighted by molar-refractivity contribution is -0.259. The number of ketones is 2. The maximum atomic E-state index is 14.0. The quantitative estimate of drug-likeness (QED) is 0.296. The molecule has 1 unspecified atom stereocenters. The van der Waals surface area contributed by atoms with Crippen LogP contribution in [0.25, 0.3) is 0 Å². The van der Waals surface area contributed by atoms with E-state index in [0.717, 1.165) is 0 Å². The normalized spacial score (nSPS) is 33.3. The van der Waals surface area contributed by atoms with Gasteiger partial charge in [0.05, 0.1) is 49.2 Å². The molecule has 3 heterocycles. The molecule has 3 saturated heterocycles. The Labute approximate surface area is 277 Å². The number of phenolic OH excluding ortho intramolecular Hbond substituents is 2. The van der Waals surface area contributed by atoms with E-state index in [4.69, 9.17) is 37.9 Å². The summed E-state index contributed by atoms with van der Waals surface area (Å²) in [7, 11) is 5.85. The number of aliphatic hydroxyl groups excluding tert-OH is 1. The second kappa shape index (κ2) is 12.6. The standard InChI is InChI=1S/C34H41NO13/c1-15-31-18(35-9-10-45-33(43-4)32(35)48-31)11-22(46-15)47-20-13-34(44-5,21(14-36)42-3)12-17-24(20)30(40)26-25(28(17)38)27(37)16-7-6-8-19(41-2)23(16)29(26)39/h6-8,15,18,20-22,31-33,36,38,40H,9-14H2,1-5H3/t15-,18-,20-,21?,22-,31+,32+,33-,34-/m0/s1. The van der Waals surface area contributed by atoms with Crippen LogP contribution in [0.2, 0.25) is 0 Å². The summed E-state index contributed by atoms with van der Waals surface area (Å²) in [6.07, 6.45) is -3.98. The summed E-state index contributed by atoms with van der Waals surface area (Å²) in [5.41, 5.74) is -1.59. The van der Waals surface area contributed by atoms with Crippen molar-refractivity contribution in [3.8, 4) is 17.2 Å². The number of aromatic hydroxyl groups is 2. The molecular weight excluding hydrogens is 630 g/mol. The molecule has 0 bridgehead atoms. The Bertz CT molecular complexity index is 1610. The molecule has 3 N–H and O–H groups in total. The summed E-state index contributed by atoms with van der Waals surface area (Å²) < 4.78 is 47.7. The molecule has 3 aliphatic heterocycles. The molecule has 0 spiro atoms. The Morgan fingerprint density at radius 1 is 1.04 bits per heavy atom. The van der Waals surface area contributed by atoms with E-state index >= 15 is 0 Å². The van der Waals surface area contributed by atoms with Crippen LogP contribution in [0.5, 0.6) is 17.2 Å². The smallest absolute Gasteiger partial charge is 0.202 e. The van der Waals surface area contributed by atoms with Crippen LogP contribution >= 0.6 is 0 Å². The second-order valence-electron chi connectivity index (χ2n) is 12.8. The van der Waals surface area contributed by atoms with Crippen LogP contribution in [0.15, 0.2) is 18.2 Å². The summed E-state index contributed by atoms with van der Waals surface area (Å²) in [5, 5.41) is 34.2. The van der Waals surface area contributed by atoms with Gasteiger partial charge in [-0.25, -0.2) is 0 Å². The van der Waals surface area contributed by atoms with Crippen LogP contribution < -0.4 is 4.74 Å². The molecule has 0 aromatic heterocycles. The van der Waals surface area contributed by atoms with Crippen molar-refractivity contribution in [2.24, 2.45) is 0 Å². The molecule has 0 amide bonds. The van der Waals surface area contributed by atoms with E-state index in [-0.39, 0.29) is 64.1 Å². The van der Waals surface area contributed by atoms with E-state index in [2.05, 4.69) is 4.90 Å². The molecule has 48 heavy (non-hydrogen) atoms. The van der Waals surface area contributed by atoms with Gasteiger partial charge in [0.25, 0.3) is 0 Å². The number of carbonyl (C=O) groups excluding carboxylic acids is 2. The third-order valence-corrected chi connectivity index (χ3v) is 10.6. The number of phenols is 2. The van der Waals surface area contributed by atoms with E-state index in [1.54, 1.807) is 19.2 Å². The first-order valence-corrected chi connectivity index (χ1v) is 16.0. The van der Waals surface area contributed by atoms with Crippen LogP contribution in [-0.2, 0) is 39.6 Å². The van der Waals surface area contributed by atoms with E-state index < -0.39 is 72.4 Å². The Balaban J connectivity index is 1.32. The molecule has 14 nitrogen and oxygen atoms in total. The van der Waals surface area contributed by atoms with Crippen molar-refractivity contribution in [2.45, 2.75) is 81.1 Å². The Hall–Kier alpha value is -3.18. The molecule has 9 atom stereocenters. The lowest BCUT2D eigenvalue weighted by atomic mass is 9.71. The van der Waals surface area contributed by atoms with Crippen molar-refractivity contribution in [1.82, 2.24) is 4.90 Å². The molecule has 2 aliphatic carbocycles.